The van der Waals surface area contributed by atoms with E-state index >= 15 is 0 Å². The molecule has 3 nitrogen and oxygen atoms in total. The predicted molar refractivity (Wildman–Crippen MR) is 82.7 cm³/mol. The minimum Gasteiger partial charge on any atom is -0.393 e. The van der Waals surface area contributed by atoms with Crippen molar-refractivity contribution in [1.29, 1.82) is 0 Å². The second kappa shape index (κ2) is 6.76. The molecule has 1 N–H and O–H groups in total. The van der Waals surface area contributed by atoms with E-state index < -0.39 is 0 Å². The Kier molecular flexibility index (Phi) is 5.49. The highest BCUT2D eigenvalue weighted by molar-refractivity contribution is 4.88. The molecular formula is C17H33NO2. The summed E-state index contributed by atoms with van der Waals surface area (Å²) in [5.74, 6) is 1.92. The van der Waals surface area contributed by atoms with E-state index in [1.807, 2.05) is 0 Å². The fourth-order valence-corrected chi connectivity index (χ4v) is 4.01. The highest BCUT2D eigenvalue weighted by Gasteiger charge is 2.36. The van der Waals surface area contributed by atoms with Gasteiger partial charge in [0.1, 0.15) is 0 Å². The predicted octanol–water partition coefficient (Wildman–Crippen LogP) is 2.78. The first kappa shape index (κ1) is 16.3. The van der Waals surface area contributed by atoms with Gasteiger partial charge in [-0.2, -0.15) is 0 Å². The van der Waals surface area contributed by atoms with Crippen LogP contribution in [0.25, 0.3) is 0 Å². The Hall–Kier alpha value is -0.120. The molecule has 0 aromatic heterocycles. The van der Waals surface area contributed by atoms with Gasteiger partial charge in [0.15, 0.2) is 0 Å². The average molecular weight is 283 g/mol. The zero-order valence-electron chi connectivity index (χ0n) is 13.8. The van der Waals surface area contributed by atoms with Crippen LogP contribution >= 0.6 is 0 Å². The molecule has 4 unspecified atom stereocenters. The normalized spacial score (nSPS) is 36.5. The van der Waals surface area contributed by atoms with Crippen molar-refractivity contribution in [3.05, 3.63) is 0 Å². The fourth-order valence-electron chi connectivity index (χ4n) is 4.01. The topological polar surface area (TPSA) is 32.7 Å². The molecule has 118 valence electrons. The number of hydrogen-bond acceptors (Lipinski definition) is 3. The fraction of sp³-hybridized carbons (Fsp3) is 1.00. The van der Waals surface area contributed by atoms with E-state index in [9.17, 15) is 5.11 Å². The molecule has 0 bridgehead atoms. The molecule has 1 heterocycles. The molecule has 2 fully saturated rings. The summed E-state index contributed by atoms with van der Waals surface area (Å²) in [7, 11) is 1.79. The van der Waals surface area contributed by atoms with Crippen molar-refractivity contribution in [3.8, 4) is 0 Å². The third kappa shape index (κ3) is 4.19. The van der Waals surface area contributed by atoms with Gasteiger partial charge in [0.2, 0.25) is 0 Å². The van der Waals surface area contributed by atoms with E-state index in [4.69, 9.17) is 4.74 Å². The summed E-state index contributed by atoms with van der Waals surface area (Å²) in [6.07, 6.45) is 4.53. The van der Waals surface area contributed by atoms with Crippen LogP contribution in [-0.4, -0.2) is 49.5 Å². The minimum absolute atomic E-state index is 0.0879. The number of methoxy groups -OCH3 is 1. The standard InChI is InChI=1S/C17H33NO2/c1-17(2,3)15-5-6-16(19)14(9-15)11-18-8-7-13(10-18)12-20-4/h13-16,19H,5-12H2,1-4H3. The lowest BCUT2D eigenvalue weighted by Gasteiger charge is -2.41. The third-order valence-electron chi connectivity index (χ3n) is 5.43. The molecule has 0 aromatic rings. The number of aliphatic hydroxyl groups excluding tert-OH is 1. The molecule has 1 saturated heterocycles. The molecule has 2 aliphatic rings. The zero-order valence-corrected chi connectivity index (χ0v) is 13.8. The maximum absolute atomic E-state index is 10.3. The van der Waals surface area contributed by atoms with Crippen LogP contribution in [0.5, 0.6) is 0 Å². The minimum atomic E-state index is -0.0879. The molecule has 1 saturated carbocycles. The monoisotopic (exact) mass is 283 g/mol. The zero-order chi connectivity index (χ0) is 14.8. The number of aliphatic hydroxyl groups is 1. The quantitative estimate of drug-likeness (QED) is 0.861. The highest BCUT2D eigenvalue weighted by atomic mass is 16.5. The molecule has 2 rings (SSSR count). The van der Waals surface area contributed by atoms with Crippen molar-refractivity contribution < 1.29 is 9.84 Å². The van der Waals surface area contributed by atoms with E-state index in [2.05, 4.69) is 25.7 Å². The van der Waals surface area contributed by atoms with E-state index in [1.54, 1.807) is 7.11 Å². The van der Waals surface area contributed by atoms with Gasteiger partial charge >= 0.3 is 0 Å². The Morgan fingerprint density at radius 2 is 1.95 bits per heavy atom. The van der Waals surface area contributed by atoms with Crippen LogP contribution < -0.4 is 0 Å². The number of hydrogen-bond donors (Lipinski definition) is 1. The van der Waals surface area contributed by atoms with E-state index in [0.29, 0.717) is 17.3 Å². The molecule has 1 aliphatic heterocycles. The van der Waals surface area contributed by atoms with Crippen molar-refractivity contribution >= 4 is 0 Å². The second-order valence-corrected chi connectivity index (χ2v) is 8.07. The SMILES string of the molecule is COCC1CCN(CC2CC(C(C)(C)C)CCC2O)C1. The van der Waals surface area contributed by atoms with Crippen LogP contribution in [0.2, 0.25) is 0 Å². The van der Waals surface area contributed by atoms with Gasteiger partial charge in [-0.25, -0.2) is 0 Å². The Labute approximate surface area is 124 Å². The Morgan fingerprint density at radius 1 is 1.20 bits per heavy atom. The average Bonchev–Trinajstić information content (AvgIpc) is 2.78. The molecule has 3 heteroatoms. The summed E-state index contributed by atoms with van der Waals surface area (Å²) in [5.41, 5.74) is 0.377. The van der Waals surface area contributed by atoms with Crippen LogP contribution in [0.15, 0.2) is 0 Å². The van der Waals surface area contributed by atoms with Gasteiger partial charge in [-0.05, 0) is 55.4 Å². The van der Waals surface area contributed by atoms with Crippen LogP contribution in [0.4, 0.5) is 0 Å². The second-order valence-electron chi connectivity index (χ2n) is 8.07. The first-order valence-electron chi connectivity index (χ1n) is 8.29. The van der Waals surface area contributed by atoms with Gasteiger partial charge in [-0.3, -0.25) is 0 Å². The summed E-state index contributed by atoms with van der Waals surface area (Å²) in [6.45, 7) is 11.3. The first-order chi connectivity index (χ1) is 9.40. The van der Waals surface area contributed by atoms with Gasteiger partial charge in [-0.1, -0.05) is 20.8 Å². The summed E-state index contributed by atoms with van der Waals surface area (Å²) in [5, 5.41) is 10.3. The lowest BCUT2D eigenvalue weighted by atomic mass is 9.68. The van der Waals surface area contributed by atoms with Crippen LogP contribution in [0.1, 0.15) is 46.5 Å². The maximum Gasteiger partial charge on any atom is 0.0580 e. The van der Waals surface area contributed by atoms with Crippen molar-refractivity contribution in [2.24, 2.45) is 23.2 Å². The van der Waals surface area contributed by atoms with E-state index in [-0.39, 0.29) is 6.10 Å². The molecule has 0 radical (unpaired) electrons. The number of ether oxygens (including phenoxy) is 1. The smallest absolute Gasteiger partial charge is 0.0580 e. The Morgan fingerprint density at radius 3 is 2.60 bits per heavy atom. The van der Waals surface area contributed by atoms with Gasteiger partial charge in [0.05, 0.1) is 12.7 Å². The molecule has 0 spiro atoms. The number of rotatable bonds is 4. The van der Waals surface area contributed by atoms with Gasteiger partial charge in [0, 0.05) is 20.2 Å². The molecule has 4 atom stereocenters. The van der Waals surface area contributed by atoms with Crippen molar-refractivity contribution in [3.63, 3.8) is 0 Å². The highest BCUT2D eigenvalue weighted by Crippen LogP contribution is 2.40. The molecule has 20 heavy (non-hydrogen) atoms. The summed E-state index contributed by atoms with van der Waals surface area (Å²) in [4.78, 5) is 2.54. The van der Waals surface area contributed by atoms with E-state index in [1.165, 1.54) is 25.8 Å². The molecular weight excluding hydrogens is 250 g/mol. The van der Waals surface area contributed by atoms with Crippen LogP contribution in [0.3, 0.4) is 0 Å². The number of nitrogens with zero attached hydrogens (tertiary/aromatic N) is 1. The number of likely N-dealkylation sites (tertiary alicyclic amines) is 1. The van der Waals surface area contributed by atoms with Crippen molar-refractivity contribution in [2.45, 2.75) is 52.6 Å². The van der Waals surface area contributed by atoms with Gasteiger partial charge in [0.25, 0.3) is 0 Å². The molecule has 0 aromatic carbocycles. The summed E-state index contributed by atoms with van der Waals surface area (Å²) in [6, 6.07) is 0. The summed E-state index contributed by atoms with van der Waals surface area (Å²) >= 11 is 0. The molecule has 1 aliphatic carbocycles. The summed E-state index contributed by atoms with van der Waals surface area (Å²) < 4.78 is 5.27. The Bertz CT molecular complexity index is 300. The lowest BCUT2D eigenvalue weighted by molar-refractivity contribution is 0.00537. The third-order valence-corrected chi connectivity index (χ3v) is 5.43. The molecule has 0 amide bonds. The van der Waals surface area contributed by atoms with Crippen LogP contribution in [-0.2, 0) is 4.74 Å². The lowest BCUT2D eigenvalue weighted by Crippen LogP contribution is -2.40. The van der Waals surface area contributed by atoms with Gasteiger partial charge in [-0.15, -0.1) is 0 Å². The van der Waals surface area contributed by atoms with Crippen molar-refractivity contribution in [1.82, 2.24) is 4.90 Å². The van der Waals surface area contributed by atoms with Crippen LogP contribution in [0, 0.1) is 23.2 Å². The van der Waals surface area contributed by atoms with Crippen molar-refractivity contribution in [2.75, 3.05) is 33.4 Å². The maximum atomic E-state index is 10.3. The van der Waals surface area contributed by atoms with Gasteiger partial charge < -0.3 is 14.7 Å². The first-order valence-corrected chi connectivity index (χ1v) is 8.29. The Balaban J connectivity index is 1.85. The van der Waals surface area contributed by atoms with E-state index in [0.717, 1.165) is 32.0 Å². The largest absolute Gasteiger partial charge is 0.393 e.